The number of benzene rings is 8. The van der Waals surface area contributed by atoms with Gasteiger partial charge in [0, 0.05) is 29.0 Å². The van der Waals surface area contributed by atoms with Crippen molar-refractivity contribution >= 4 is 69.0 Å². The standard InChI is InChI=1S/C50H36BNO2Si/c1-33-25-27-41-48(29-33)55(37-17-7-4-8-18-37,47-24-14-9-19-38(47)35-15-5-3-6-16-35)49-30-34(2)26-28-42(49)52(41)36-31-45-50-46(32-36)54-44-23-13-11-21-40(44)51(50)39-20-10-12-22-43(39)53-45/h3-32H,1-2H3. The van der Waals surface area contributed by atoms with Crippen LogP contribution in [0, 0.1) is 13.8 Å². The predicted molar refractivity (Wildman–Crippen MR) is 231 cm³/mol. The molecule has 3 aliphatic heterocycles. The van der Waals surface area contributed by atoms with Gasteiger partial charge in [0.25, 0.3) is 6.71 Å². The van der Waals surface area contributed by atoms with Crippen molar-refractivity contribution in [2.45, 2.75) is 13.8 Å². The molecule has 5 heteroatoms. The van der Waals surface area contributed by atoms with E-state index < -0.39 is 8.07 Å². The fourth-order valence-corrected chi connectivity index (χ4v) is 15.0. The monoisotopic (exact) mass is 721 g/mol. The van der Waals surface area contributed by atoms with Gasteiger partial charge in [0.2, 0.25) is 0 Å². The molecule has 0 bridgehead atoms. The van der Waals surface area contributed by atoms with Crippen LogP contribution in [0.4, 0.5) is 17.1 Å². The van der Waals surface area contributed by atoms with Gasteiger partial charge in [-0.1, -0.05) is 157 Å². The van der Waals surface area contributed by atoms with E-state index in [0.717, 1.165) is 45.1 Å². The first-order valence-corrected chi connectivity index (χ1v) is 21.0. The first-order chi connectivity index (χ1) is 27.1. The minimum Gasteiger partial charge on any atom is -0.458 e. The Kier molecular flexibility index (Phi) is 7.10. The smallest absolute Gasteiger partial charge is 0.260 e. The summed E-state index contributed by atoms with van der Waals surface area (Å²) in [5, 5.41) is 5.47. The molecule has 0 spiro atoms. The molecule has 8 aromatic rings. The van der Waals surface area contributed by atoms with E-state index in [2.05, 4.69) is 201 Å². The van der Waals surface area contributed by atoms with Gasteiger partial charge in [-0.05, 0) is 80.9 Å². The third-order valence-electron chi connectivity index (χ3n) is 11.8. The lowest BCUT2D eigenvalue weighted by Gasteiger charge is -2.46. The van der Waals surface area contributed by atoms with E-state index in [1.165, 1.54) is 54.4 Å². The Morgan fingerprint density at radius 3 is 1.56 bits per heavy atom. The van der Waals surface area contributed by atoms with E-state index in [1.54, 1.807) is 0 Å². The Bertz CT molecular complexity index is 2700. The van der Waals surface area contributed by atoms with Crippen LogP contribution in [-0.4, -0.2) is 14.8 Å². The Morgan fingerprint density at radius 2 is 0.964 bits per heavy atom. The summed E-state index contributed by atoms with van der Waals surface area (Å²) in [6, 6.07) is 66.8. The fraction of sp³-hybridized carbons (Fsp3) is 0.0400. The van der Waals surface area contributed by atoms with Gasteiger partial charge in [0.05, 0.1) is 5.69 Å². The molecule has 0 unspecified atom stereocenters. The molecule has 11 rings (SSSR count). The van der Waals surface area contributed by atoms with Crippen LogP contribution >= 0.6 is 0 Å². The number of anilines is 3. The summed E-state index contributed by atoms with van der Waals surface area (Å²) in [7, 11) is -2.99. The van der Waals surface area contributed by atoms with E-state index >= 15 is 0 Å². The van der Waals surface area contributed by atoms with Crippen molar-refractivity contribution in [3.8, 4) is 34.1 Å². The number of hydrogen-bond donors (Lipinski definition) is 0. The molecule has 0 radical (unpaired) electrons. The molecule has 3 nitrogen and oxygen atoms in total. The zero-order valence-corrected chi connectivity index (χ0v) is 31.7. The summed E-state index contributed by atoms with van der Waals surface area (Å²) in [4.78, 5) is 2.46. The highest BCUT2D eigenvalue weighted by Gasteiger charge is 2.50. The molecule has 0 N–H and O–H groups in total. The van der Waals surface area contributed by atoms with Crippen LogP contribution in [0.3, 0.4) is 0 Å². The molecule has 0 aromatic heterocycles. The molecular weight excluding hydrogens is 685 g/mol. The average molecular weight is 722 g/mol. The van der Waals surface area contributed by atoms with Crippen LogP contribution < -0.4 is 51.5 Å². The lowest BCUT2D eigenvalue weighted by atomic mass is 9.35. The summed E-state index contributed by atoms with van der Waals surface area (Å²) in [6.07, 6.45) is 0. The van der Waals surface area contributed by atoms with Gasteiger partial charge in [-0.3, -0.25) is 0 Å². The zero-order valence-electron chi connectivity index (χ0n) is 30.7. The molecule has 8 aromatic carbocycles. The molecule has 0 aliphatic carbocycles. The first kappa shape index (κ1) is 31.9. The van der Waals surface area contributed by atoms with Crippen molar-refractivity contribution in [3.63, 3.8) is 0 Å². The van der Waals surface area contributed by atoms with Crippen molar-refractivity contribution in [3.05, 3.63) is 193 Å². The molecule has 260 valence electrons. The SMILES string of the molecule is Cc1ccc2c(c1)[Si](c1ccccc1)(c1ccccc1-c1ccccc1)c1cc(C)ccc1N2c1cc2c3c(c1)Oc1ccccc1B3c1ccccc1O2. The maximum Gasteiger partial charge on any atom is 0.260 e. The minimum atomic E-state index is -2.99. The summed E-state index contributed by atoms with van der Waals surface area (Å²) in [6.45, 7) is 4.47. The minimum absolute atomic E-state index is 0.0211. The third kappa shape index (κ3) is 4.70. The van der Waals surface area contributed by atoms with Crippen molar-refractivity contribution < 1.29 is 9.47 Å². The van der Waals surface area contributed by atoms with E-state index in [1.807, 2.05) is 0 Å². The van der Waals surface area contributed by atoms with E-state index in [4.69, 9.17) is 9.47 Å². The lowest BCUT2D eigenvalue weighted by molar-refractivity contribution is 0.465. The van der Waals surface area contributed by atoms with Gasteiger partial charge < -0.3 is 14.4 Å². The van der Waals surface area contributed by atoms with Crippen LogP contribution in [0.1, 0.15) is 11.1 Å². The topological polar surface area (TPSA) is 21.7 Å². The summed E-state index contributed by atoms with van der Waals surface area (Å²) < 4.78 is 13.7. The van der Waals surface area contributed by atoms with Crippen molar-refractivity contribution in [2.75, 3.05) is 4.90 Å². The maximum atomic E-state index is 6.83. The average Bonchev–Trinajstić information content (AvgIpc) is 3.23. The number of ether oxygens (including phenoxy) is 2. The maximum absolute atomic E-state index is 6.83. The second-order valence-corrected chi connectivity index (χ2v) is 18.7. The number of aryl methyl sites for hydroxylation is 2. The number of hydrogen-bond acceptors (Lipinski definition) is 3. The number of fused-ring (bicyclic) bond motifs is 6. The summed E-state index contributed by atoms with van der Waals surface area (Å²) >= 11 is 0. The molecule has 55 heavy (non-hydrogen) atoms. The van der Waals surface area contributed by atoms with Crippen molar-refractivity contribution in [2.24, 2.45) is 0 Å². The normalized spacial score (nSPS) is 14.0. The third-order valence-corrected chi connectivity index (χ3v) is 16.6. The first-order valence-electron chi connectivity index (χ1n) is 19.0. The van der Waals surface area contributed by atoms with Crippen molar-refractivity contribution in [1.82, 2.24) is 0 Å². The molecule has 0 fully saturated rings. The Balaban J connectivity index is 1.22. The van der Waals surface area contributed by atoms with E-state index in [9.17, 15) is 0 Å². The predicted octanol–water partition coefficient (Wildman–Crippen LogP) is 7.86. The largest absolute Gasteiger partial charge is 0.458 e. The van der Waals surface area contributed by atoms with Gasteiger partial charge in [-0.15, -0.1) is 0 Å². The molecule has 0 saturated carbocycles. The highest BCUT2D eigenvalue weighted by Crippen LogP contribution is 2.44. The molecule has 0 amide bonds. The van der Waals surface area contributed by atoms with Crippen LogP contribution in [0.25, 0.3) is 11.1 Å². The van der Waals surface area contributed by atoms with E-state index in [0.29, 0.717) is 0 Å². The second kappa shape index (κ2) is 12.2. The van der Waals surface area contributed by atoms with Crippen LogP contribution in [0.5, 0.6) is 23.0 Å². The van der Waals surface area contributed by atoms with Gasteiger partial charge >= 0.3 is 0 Å². The number of para-hydroxylation sites is 2. The van der Waals surface area contributed by atoms with Gasteiger partial charge in [0.15, 0.2) is 8.07 Å². The van der Waals surface area contributed by atoms with Gasteiger partial charge in [0.1, 0.15) is 23.0 Å². The molecule has 0 saturated heterocycles. The second-order valence-electron chi connectivity index (χ2n) is 15.0. The van der Waals surface area contributed by atoms with E-state index in [-0.39, 0.29) is 6.71 Å². The number of nitrogens with zero attached hydrogens (tertiary/aromatic N) is 1. The molecule has 3 heterocycles. The molecular formula is C50H36BNO2Si. The molecule has 3 aliphatic rings. The lowest BCUT2D eigenvalue weighted by Crippen LogP contribution is -2.77. The number of rotatable bonds is 4. The van der Waals surface area contributed by atoms with Crippen LogP contribution in [0.2, 0.25) is 0 Å². The Morgan fingerprint density at radius 1 is 0.455 bits per heavy atom. The highest BCUT2D eigenvalue weighted by atomic mass is 28.3. The van der Waals surface area contributed by atoms with Crippen LogP contribution in [-0.2, 0) is 0 Å². The highest BCUT2D eigenvalue weighted by molar-refractivity contribution is 7.22. The van der Waals surface area contributed by atoms with Crippen molar-refractivity contribution in [1.29, 1.82) is 0 Å². The molecule has 0 atom stereocenters. The van der Waals surface area contributed by atoms with Gasteiger partial charge in [-0.25, -0.2) is 0 Å². The summed E-state index contributed by atoms with van der Waals surface area (Å²) in [5.74, 6) is 3.44. The fourth-order valence-electron chi connectivity index (χ4n) is 9.48. The summed E-state index contributed by atoms with van der Waals surface area (Å²) in [5.41, 5.74) is 11.7. The van der Waals surface area contributed by atoms with Gasteiger partial charge in [-0.2, -0.15) is 0 Å². The van der Waals surface area contributed by atoms with Crippen LogP contribution in [0.15, 0.2) is 182 Å². The Labute approximate surface area is 323 Å². The zero-order chi connectivity index (χ0) is 36.7. The Hall–Kier alpha value is -6.56. The quantitative estimate of drug-likeness (QED) is 0.173.